The van der Waals surface area contributed by atoms with Gasteiger partial charge in [-0.2, -0.15) is 0 Å². The van der Waals surface area contributed by atoms with Crippen LogP contribution in [0, 0.1) is 0 Å². The van der Waals surface area contributed by atoms with Gasteiger partial charge in [-0.25, -0.2) is 0 Å². The zero-order valence-corrected chi connectivity index (χ0v) is 13.3. The minimum Gasteiger partial charge on any atom is -0.347 e. The Hall–Kier alpha value is -2.14. The highest BCUT2D eigenvalue weighted by Gasteiger charge is 2.24. The van der Waals surface area contributed by atoms with Crippen LogP contribution >= 0.6 is 11.3 Å². The third kappa shape index (κ3) is 2.90. The summed E-state index contributed by atoms with van der Waals surface area (Å²) in [6.45, 7) is 3.13. The summed E-state index contributed by atoms with van der Waals surface area (Å²) in [5.74, 6) is 0.0603. The van der Waals surface area contributed by atoms with Crippen molar-refractivity contribution < 1.29 is 9.59 Å². The zero-order chi connectivity index (χ0) is 15.5. The molecule has 0 saturated carbocycles. The van der Waals surface area contributed by atoms with Crippen molar-refractivity contribution in [3.05, 3.63) is 51.7 Å². The molecule has 1 aliphatic heterocycles. The van der Waals surface area contributed by atoms with Crippen LogP contribution in [-0.2, 0) is 17.8 Å². The third-order valence-electron chi connectivity index (χ3n) is 3.84. The number of hydrogen-bond acceptors (Lipinski definition) is 3. The summed E-state index contributed by atoms with van der Waals surface area (Å²) in [5.41, 5.74) is 2.67. The number of anilines is 1. The third-order valence-corrected chi connectivity index (χ3v) is 4.72. The first-order valence-electron chi connectivity index (χ1n) is 7.43. The van der Waals surface area contributed by atoms with Crippen LogP contribution in [0.2, 0.25) is 0 Å². The van der Waals surface area contributed by atoms with Crippen molar-refractivity contribution in [2.24, 2.45) is 0 Å². The van der Waals surface area contributed by atoms with E-state index in [4.69, 9.17) is 0 Å². The lowest BCUT2D eigenvalue weighted by atomic mass is 10.1. The zero-order valence-electron chi connectivity index (χ0n) is 12.5. The van der Waals surface area contributed by atoms with Gasteiger partial charge in [0.05, 0.1) is 6.54 Å². The van der Waals surface area contributed by atoms with Crippen LogP contribution < -0.4 is 10.2 Å². The number of amides is 2. The summed E-state index contributed by atoms with van der Waals surface area (Å²) in [4.78, 5) is 27.0. The number of carbonyl (C=O) groups excluding carboxylic acids is 2. The molecule has 0 radical (unpaired) electrons. The van der Waals surface area contributed by atoms with E-state index < -0.39 is 0 Å². The molecule has 0 spiro atoms. The van der Waals surface area contributed by atoms with Gasteiger partial charge in [0.2, 0.25) is 5.91 Å². The maximum Gasteiger partial charge on any atom is 0.251 e. The molecule has 0 atom stereocenters. The number of thiophene rings is 1. The molecule has 0 aliphatic carbocycles. The van der Waals surface area contributed by atoms with Crippen molar-refractivity contribution in [3.63, 3.8) is 0 Å². The molecule has 1 N–H and O–H groups in total. The molecule has 0 saturated heterocycles. The van der Waals surface area contributed by atoms with Gasteiger partial charge >= 0.3 is 0 Å². The fraction of sp³-hybridized carbons (Fsp3) is 0.294. The van der Waals surface area contributed by atoms with Crippen molar-refractivity contribution in [1.29, 1.82) is 0 Å². The summed E-state index contributed by atoms with van der Waals surface area (Å²) in [6.07, 6.45) is 1.32. The molecule has 2 aromatic rings. The van der Waals surface area contributed by atoms with E-state index >= 15 is 0 Å². The van der Waals surface area contributed by atoms with Crippen molar-refractivity contribution in [1.82, 2.24) is 5.32 Å². The Bertz CT molecular complexity index is 695. The topological polar surface area (TPSA) is 49.4 Å². The van der Waals surface area contributed by atoms with Crippen molar-refractivity contribution >= 4 is 28.8 Å². The van der Waals surface area contributed by atoms with Gasteiger partial charge in [0.1, 0.15) is 0 Å². The molecule has 0 bridgehead atoms. The molecule has 1 aromatic heterocycles. The molecule has 3 rings (SSSR count). The number of benzene rings is 1. The number of rotatable bonds is 4. The molecular formula is C17H18N2O2S. The molecule has 114 valence electrons. The highest BCUT2D eigenvalue weighted by atomic mass is 32.1. The molecule has 2 heterocycles. The summed E-state index contributed by atoms with van der Waals surface area (Å²) in [5, 5.41) is 4.92. The molecule has 0 unspecified atom stereocenters. The monoisotopic (exact) mass is 314 g/mol. The normalized spacial score (nSPS) is 13.0. The molecule has 4 nitrogen and oxygen atoms in total. The lowest BCUT2D eigenvalue weighted by Crippen LogP contribution is -2.27. The van der Waals surface area contributed by atoms with Gasteiger partial charge in [-0.05, 0) is 41.6 Å². The maximum absolute atomic E-state index is 12.2. The van der Waals surface area contributed by atoms with Crippen LogP contribution in [0.1, 0.15) is 34.1 Å². The minimum atomic E-state index is -0.0727. The largest absolute Gasteiger partial charge is 0.347 e. The van der Waals surface area contributed by atoms with E-state index in [1.807, 2.05) is 41.5 Å². The lowest BCUT2D eigenvalue weighted by molar-refractivity contribution is -0.118. The molecule has 2 amide bonds. The summed E-state index contributed by atoms with van der Waals surface area (Å²) < 4.78 is 0. The van der Waals surface area contributed by atoms with E-state index in [1.54, 1.807) is 17.4 Å². The van der Waals surface area contributed by atoms with Crippen molar-refractivity contribution in [2.75, 3.05) is 11.4 Å². The quantitative estimate of drug-likeness (QED) is 0.943. The smallest absolute Gasteiger partial charge is 0.251 e. The van der Waals surface area contributed by atoms with Crippen LogP contribution in [0.15, 0.2) is 35.7 Å². The Labute approximate surface area is 133 Å². The van der Waals surface area contributed by atoms with Crippen molar-refractivity contribution in [3.8, 4) is 0 Å². The van der Waals surface area contributed by atoms with Crippen LogP contribution in [0.3, 0.4) is 0 Å². The van der Waals surface area contributed by atoms with E-state index in [-0.39, 0.29) is 11.8 Å². The minimum absolute atomic E-state index is 0.0727. The number of hydrogen-bond donors (Lipinski definition) is 1. The van der Waals surface area contributed by atoms with Gasteiger partial charge in [0.25, 0.3) is 5.91 Å². The van der Waals surface area contributed by atoms with E-state index in [2.05, 4.69) is 5.32 Å². The molecule has 0 fully saturated rings. The van der Waals surface area contributed by atoms with E-state index in [0.717, 1.165) is 22.5 Å². The second kappa shape index (κ2) is 6.32. The van der Waals surface area contributed by atoms with Gasteiger partial charge in [-0.15, -0.1) is 11.3 Å². The highest BCUT2D eigenvalue weighted by Crippen LogP contribution is 2.29. The Morgan fingerprint density at radius 1 is 1.32 bits per heavy atom. The number of nitrogens with one attached hydrogen (secondary N) is 1. The summed E-state index contributed by atoms with van der Waals surface area (Å²) >= 11 is 1.63. The first-order valence-corrected chi connectivity index (χ1v) is 8.31. The van der Waals surface area contributed by atoms with E-state index in [9.17, 15) is 9.59 Å². The van der Waals surface area contributed by atoms with Gasteiger partial charge < -0.3 is 10.2 Å². The second-order valence-electron chi connectivity index (χ2n) is 5.25. The molecule has 22 heavy (non-hydrogen) atoms. The fourth-order valence-corrected chi connectivity index (χ4v) is 3.32. The van der Waals surface area contributed by atoms with E-state index in [1.165, 1.54) is 0 Å². The first kappa shape index (κ1) is 14.8. The average molecular weight is 314 g/mol. The molecule has 1 aliphatic rings. The summed E-state index contributed by atoms with van der Waals surface area (Å²) in [7, 11) is 0. The number of fused-ring (bicyclic) bond motifs is 1. The lowest BCUT2D eigenvalue weighted by Gasteiger charge is -2.16. The maximum atomic E-state index is 12.2. The summed E-state index contributed by atoms with van der Waals surface area (Å²) in [6, 6.07) is 9.56. The Morgan fingerprint density at radius 2 is 2.18 bits per heavy atom. The molecule has 1 aromatic carbocycles. The standard InChI is InChI=1S/C17H18N2O2S/c1-2-16(20)19-8-7-12-10-13(5-6-15(12)19)17(21)18-11-14-4-3-9-22-14/h3-6,9-10H,2,7-8,11H2,1H3,(H,18,21). The molecule has 5 heteroatoms. The number of carbonyl (C=O) groups is 2. The fourth-order valence-electron chi connectivity index (χ4n) is 2.68. The SMILES string of the molecule is CCC(=O)N1CCc2cc(C(=O)NCc3cccs3)ccc21. The van der Waals surface area contributed by atoms with Crippen LogP contribution in [0.25, 0.3) is 0 Å². The highest BCUT2D eigenvalue weighted by molar-refractivity contribution is 7.09. The van der Waals surface area contributed by atoms with Gasteiger partial charge in [-0.3, -0.25) is 9.59 Å². The van der Waals surface area contributed by atoms with E-state index in [0.29, 0.717) is 25.1 Å². The predicted molar refractivity (Wildman–Crippen MR) is 88.3 cm³/mol. The predicted octanol–water partition coefficient (Wildman–Crippen LogP) is 2.98. The Kier molecular flexibility index (Phi) is 4.24. The Morgan fingerprint density at radius 3 is 2.91 bits per heavy atom. The van der Waals surface area contributed by atoms with Gasteiger partial charge in [0, 0.05) is 29.1 Å². The van der Waals surface area contributed by atoms with Crippen LogP contribution in [0.5, 0.6) is 0 Å². The van der Waals surface area contributed by atoms with Crippen LogP contribution in [-0.4, -0.2) is 18.4 Å². The van der Waals surface area contributed by atoms with Crippen LogP contribution in [0.4, 0.5) is 5.69 Å². The van der Waals surface area contributed by atoms with Gasteiger partial charge in [-0.1, -0.05) is 13.0 Å². The van der Waals surface area contributed by atoms with Crippen molar-refractivity contribution in [2.45, 2.75) is 26.3 Å². The Balaban J connectivity index is 1.71. The second-order valence-corrected chi connectivity index (χ2v) is 6.29. The average Bonchev–Trinajstić information content (AvgIpc) is 3.20. The number of nitrogens with zero attached hydrogens (tertiary/aromatic N) is 1. The first-order chi connectivity index (χ1) is 10.7. The molecular weight excluding hydrogens is 296 g/mol. The van der Waals surface area contributed by atoms with Gasteiger partial charge in [0.15, 0.2) is 0 Å².